The molecule has 1 unspecified atom stereocenters. The Morgan fingerprint density at radius 1 is 1.32 bits per heavy atom. The molecule has 0 aliphatic heterocycles. The number of carboxylic acid groups (broad SMARTS) is 1. The van der Waals surface area contributed by atoms with Gasteiger partial charge in [0.2, 0.25) is 0 Å². The van der Waals surface area contributed by atoms with Crippen LogP contribution in [0.25, 0.3) is 0 Å². The molecule has 1 atom stereocenters. The normalized spacial score (nSPS) is 18.8. The van der Waals surface area contributed by atoms with Gasteiger partial charge in [-0.15, -0.1) is 0 Å². The first-order valence-electron chi connectivity index (χ1n) is 7.25. The molecule has 1 aliphatic rings. The second kappa shape index (κ2) is 7.22. The lowest BCUT2D eigenvalue weighted by molar-refractivity contribution is -0.146. The van der Waals surface area contributed by atoms with Gasteiger partial charge in [0.15, 0.2) is 0 Å². The van der Waals surface area contributed by atoms with Crippen LogP contribution in [-0.4, -0.2) is 73.7 Å². The molecule has 1 fully saturated rings. The van der Waals surface area contributed by atoms with E-state index in [0.717, 1.165) is 38.9 Å². The summed E-state index contributed by atoms with van der Waals surface area (Å²) >= 11 is 0. The highest BCUT2D eigenvalue weighted by Crippen LogP contribution is 2.40. The van der Waals surface area contributed by atoms with Crippen LogP contribution < -0.4 is 5.32 Å². The van der Waals surface area contributed by atoms with Crippen molar-refractivity contribution in [1.82, 2.24) is 15.1 Å². The van der Waals surface area contributed by atoms with Gasteiger partial charge in [0.05, 0.1) is 0 Å². The molecule has 1 aliphatic carbocycles. The SMILES string of the molecule is CCCN(CCN(C)C)CC(NC)(C(=O)O)C1CC1. The summed E-state index contributed by atoms with van der Waals surface area (Å²) in [5, 5.41) is 12.7. The Kier molecular flexibility index (Phi) is 6.23. The van der Waals surface area contributed by atoms with E-state index in [-0.39, 0.29) is 5.92 Å². The van der Waals surface area contributed by atoms with Gasteiger partial charge in [-0.3, -0.25) is 9.69 Å². The molecule has 0 radical (unpaired) electrons. The molecule has 5 heteroatoms. The fourth-order valence-corrected chi connectivity index (χ4v) is 2.62. The van der Waals surface area contributed by atoms with Crippen LogP contribution in [0.15, 0.2) is 0 Å². The third kappa shape index (κ3) is 4.44. The molecule has 0 spiro atoms. The van der Waals surface area contributed by atoms with Crippen LogP contribution in [0.5, 0.6) is 0 Å². The molecule has 0 aromatic rings. The number of carboxylic acids is 1. The number of carbonyl (C=O) groups is 1. The summed E-state index contributed by atoms with van der Waals surface area (Å²) < 4.78 is 0. The Labute approximate surface area is 117 Å². The minimum atomic E-state index is -0.762. The predicted molar refractivity (Wildman–Crippen MR) is 77.4 cm³/mol. The largest absolute Gasteiger partial charge is 0.480 e. The maximum atomic E-state index is 11.7. The standard InChI is InChI=1S/C14H29N3O2/c1-5-8-17(10-9-16(3)4)11-14(15-2,13(18)19)12-6-7-12/h12,15H,5-11H2,1-4H3,(H,18,19). The minimum absolute atomic E-state index is 0.286. The molecule has 0 saturated heterocycles. The average molecular weight is 271 g/mol. The maximum Gasteiger partial charge on any atom is 0.325 e. The van der Waals surface area contributed by atoms with E-state index >= 15 is 0 Å². The van der Waals surface area contributed by atoms with Crippen LogP contribution in [0.4, 0.5) is 0 Å². The first-order chi connectivity index (χ1) is 8.96. The van der Waals surface area contributed by atoms with Gasteiger partial charge in [0, 0.05) is 19.6 Å². The minimum Gasteiger partial charge on any atom is -0.480 e. The summed E-state index contributed by atoms with van der Waals surface area (Å²) in [7, 11) is 5.88. The number of hydrogen-bond donors (Lipinski definition) is 2. The molecular weight excluding hydrogens is 242 g/mol. The van der Waals surface area contributed by atoms with Crippen molar-refractivity contribution in [1.29, 1.82) is 0 Å². The molecule has 0 amide bonds. The molecule has 5 nitrogen and oxygen atoms in total. The van der Waals surface area contributed by atoms with Gasteiger partial charge >= 0.3 is 5.97 Å². The van der Waals surface area contributed by atoms with Crippen molar-refractivity contribution >= 4 is 5.97 Å². The summed E-state index contributed by atoms with van der Waals surface area (Å²) in [6.07, 6.45) is 3.11. The maximum absolute atomic E-state index is 11.7. The highest BCUT2D eigenvalue weighted by Gasteiger charge is 2.50. The summed E-state index contributed by atoms with van der Waals surface area (Å²) in [5.41, 5.74) is -0.762. The quantitative estimate of drug-likeness (QED) is 0.613. The van der Waals surface area contributed by atoms with Crippen LogP contribution in [0.2, 0.25) is 0 Å². The Morgan fingerprint density at radius 3 is 2.32 bits per heavy atom. The van der Waals surface area contributed by atoms with E-state index in [0.29, 0.717) is 6.54 Å². The Balaban J connectivity index is 2.69. The van der Waals surface area contributed by atoms with Crippen LogP contribution in [-0.2, 0) is 4.79 Å². The number of hydrogen-bond acceptors (Lipinski definition) is 4. The molecule has 0 aromatic carbocycles. The zero-order valence-corrected chi connectivity index (χ0v) is 12.8. The zero-order chi connectivity index (χ0) is 14.5. The zero-order valence-electron chi connectivity index (χ0n) is 12.8. The summed E-state index contributed by atoms with van der Waals surface area (Å²) in [4.78, 5) is 16.1. The van der Waals surface area contributed by atoms with Gasteiger partial charge in [-0.1, -0.05) is 6.92 Å². The van der Waals surface area contributed by atoms with E-state index in [1.165, 1.54) is 0 Å². The number of aliphatic carboxylic acids is 1. The van der Waals surface area contributed by atoms with E-state index in [9.17, 15) is 9.90 Å². The molecule has 0 aromatic heterocycles. The van der Waals surface area contributed by atoms with E-state index in [1.54, 1.807) is 7.05 Å². The van der Waals surface area contributed by atoms with Gasteiger partial charge < -0.3 is 15.3 Å². The Morgan fingerprint density at radius 2 is 1.95 bits per heavy atom. The van der Waals surface area contributed by atoms with Crippen LogP contribution >= 0.6 is 0 Å². The Bertz CT molecular complexity index is 292. The van der Waals surface area contributed by atoms with Crippen molar-refractivity contribution in [3.05, 3.63) is 0 Å². The van der Waals surface area contributed by atoms with Crippen LogP contribution in [0, 0.1) is 5.92 Å². The lowest BCUT2D eigenvalue weighted by Gasteiger charge is -2.35. The molecule has 19 heavy (non-hydrogen) atoms. The van der Waals surface area contributed by atoms with Crippen molar-refractivity contribution in [3.8, 4) is 0 Å². The molecule has 2 N–H and O–H groups in total. The van der Waals surface area contributed by atoms with Crippen molar-refractivity contribution in [2.45, 2.75) is 31.7 Å². The van der Waals surface area contributed by atoms with Gasteiger partial charge in [-0.05, 0) is 52.9 Å². The molecule has 112 valence electrons. The first-order valence-corrected chi connectivity index (χ1v) is 7.25. The fraction of sp³-hybridized carbons (Fsp3) is 0.929. The van der Waals surface area contributed by atoms with Gasteiger partial charge in [-0.25, -0.2) is 0 Å². The number of rotatable bonds is 10. The van der Waals surface area contributed by atoms with Gasteiger partial charge in [0.1, 0.15) is 5.54 Å². The monoisotopic (exact) mass is 271 g/mol. The van der Waals surface area contributed by atoms with Crippen LogP contribution in [0.3, 0.4) is 0 Å². The van der Waals surface area contributed by atoms with Crippen LogP contribution in [0.1, 0.15) is 26.2 Å². The first kappa shape index (κ1) is 16.4. The smallest absolute Gasteiger partial charge is 0.325 e. The third-order valence-corrected chi connectivity index (χ3v) is 3.98. The average Bonchev–Trinajstić information content (AvgIpc) is 3.16. The van der Waals surface area contributed by atoms with Gasteiger partial charge in [0.25, 0.3) is 0 Å². The summed E-state index contributed by atoms with van der Waals surface area (Å²) in [6, 6.07) is 0. The van der Waals surface area contributed by atoms with E-state index in [1.807, 2.05) is 14.1 Å². The second-order valence-electron chi connectivity index (χ2n) is 5.88. The molecule has 1 rings (SSSR count). The van der Waals surface area contributed by atoms with Crippen molar-refractivity contribution < 1.29 is 9.90 Å². The summed E-state index contributed by atoms with van der Waals surface area (Å²) in [6.45, 7) is 5.58. The van der Waals surface area contributed by atoms with Crippen molar-refractivity contribution in [2.24, 2.45) is 5.92 Å². The van der Waals surface area contributed by atoms with Crippen molar-refractivity contribution in [3.63, 3.8) is 0 Å². The number of nitrogens with zero attached hydrogens (tertiary/aromatic N) is 2. The molecule has 1 saturated carbocycles. The highest BCUT2D eigenvalue weighted by atomic mass is 16.4. The third-order valence-electron chi connectivity index (χ3n) is 3.98. The predicted octanol–water partition coefficient (Wildman–Crippen LogP) is 0.713. The van der Waals surface area contributed by atoms with Gasteiger partial charge in [-0.2, -0.15) is 0 Å². The summed E-state index contributed by atoms with van der Waals surface area (Å²) in [5.74, 6) is -0.419. The fourth-order valence-electron chi connectivity index (χ4n) is 2.62. The molecule has 0 bridgehead atoms. The number of likely N-dealkylation sites (N-methyl/N-ethyl adjacent to an activating group) is 2. The van der Waals surface area contributed by atoms with E-state index < -0.39 is 11.5 Å². The van der Waals surface area contributed by atoms with E-state index in [4.69, 9.17) is 0 Å². The topological polar surface area (TPSA) is 55.8 Å². The lowest BCUT2D eigenvalue weighted by Crippen LogP contribution is -2.60. The number of nitrogens with one attached hydrogen (secondary N) is 1. The molecule has 0 heterocycles. The Hall–Kier alpha value is -0.650. The van der Waals surface area contributed by atoms with E-state index in [2.05, 4.69) is 22.0 Å². The lowest BCUT2D eigenvalue weighted by atomic mass is 9.92. The molecular formula is C14H29N3O2. The van der Waals surface area contributed by atoms with Crippen molar-refractivity contribution in [2.75, 3.05) is 47.3 Å². The second-order valence-corrected chi connectivity index (χ2v) is 5.88. The highest BCUT2D eigenvalue weighted by molar-refractivity contribution is 5.80.